The van der Waals surface area contributed by atoms with Crippen LogP contribution >= 0.6 is 46.4 Å². The van der Waals surface area contributed by atoms with Gasteiger partial charge in [-0.05, 0) is 30.3 Å². The van der Waals surface area contributed by atoms with E-state index in [4.69, 9.17) is 56.0 Å². The molecule has 0 radical (unpaired) electrons. The lowest BCUT2D eigenvalue weighted by molar-refractivity contribution is 0.0928. The first kappa shape index (κ1) is 19.5. The van der Waals surface area contributed by atoms with Crippen molar-refractivity contribution < 1.29 is 19.2 Å². The minimum Gasteiger partial charge on any atom is -0.393 e. The first-order valence-electron chi connectivity index (χ1n) is 6.63. The summed E-state index contributed by atoms with van der Waals surface area (Å²) < 4.78 is 4.97. The number of hydrogen-bond donors (Lipinski definition) is 1. The lowest BCUT2D eigenvalue weighted by Crippen LogP contribution is -2.40. The van der Waals surface area contributed by atoms with Gasteiger partial charge in [-0.2, -0.15) is 0 Å². The Hall–Kier alpha value is -1.86. The Kier molecular flexibility index (Phi) is 6.61. The molecular weight excluding hydrogens is 414 g/mol. The van der Waals surface area contributed by atoms with Gasteiger partial charge in [0.2, 0.25) is 0 Å². The summed E-state index contributed by atoms with van der Waals surface area (Å²) in [6.07, 6.45) is -1.17. The summed E-state index contributed by atoms with van der Waals surface area (Å²) in [6.45, 7) is 0. The Balaban J connectivity index is 2.18. The Morgan fingerprint density at radius 1 is 0.920 bits per heavy atom. The molecule has 0 fully saturated rings. The number of nitrogens with one attached hydrogen (secondary N) is 1. The van der Waals surface area contributed by atoms with Crippen LogP contribution in [0.1, 0.15) is 0 Å². The standard InChI is InChI=1S/C15H10Cl4N2O4/c1-20-14(22)21(8-2-4-10(16)12(18)6-8)25-15(23)24-9-3-5-11(17)13(19)7-9/h2-7H,1H3,(H,20,22). The van der Waals surface area contributed by atoms with E-state index in [-0.39, 0.29) is 26.5 Å². The molecule has 2 amide bonds. The van der Waals surface area contributed by atoms with E-state index in [1.54, 1.807) is 0 Å². The van der Waals surface area contributed by atoms with Crippen molar-refractivity contribution in [1.82, 2.24) is 5.32 Å². The summed E-state index contributed by atoms with van der Waals surface area (Å²) >= 11 is 23.4. The molecule has 2 aromatic rings. The predicted molar refractivity (Wildman–Crippen MR) is 97.0 cm³/mol. The predicted octanol–water partition coefficient (Wildman–Crippen LogP) is 5.58. The van der Waals surface area contributed by atoms with Crippen molar-refractivity contribution in [2.75, 3.05) is 12.1 Å². The van der Waals surface area contributed by atoms with Crippen LogP contribution in [0.3, 0.4) is 0 Å². The highest BCUT2D eigenvalue weighted by Crippen LogP contribution is 2.29. The molecule has 0 saturated carbocycles. The third-order valence-corrected chi connectivity index (χ3v) is 4.27. The fourth-order valence-electron chi connectivity index (χ4n) is 1.65. The number of benzene rings is 2. The third kappa shape index (κ3) is 5.06. The van der Waals surface area contributed by atoms with Crippen molar-refractivity contribution in [3.63, 3.8) is 0 Å². The van der Waals surface area contributed by atoms with Gasteiger partial charge in [0.05, 0.1) is 25.8 Å². The normalized spacial score (nSPS) is 10.1. The zero-order valence-electron chi connectivity index (χ0n) is 12.6. The third-order valence-electron chi connectivity index (χ3n) is 2.79. The lowest BCUT2D eigenvalue weighted by atomic mass is 10.3. The summed E-state index contributed by atoms with van der Waals surface area (Å²) in [5, 5.41) is 3.94. The van der Waals surface area contributed by atoms with Crippen molar-refractivity contribution in [3.05, 3.63) is 56.5 Å². The summed E-state index contributed by atoms with van der Waals surface area (Å²) in [6, 6.07) is 7.70. The van der Waals surface area contributed by atoms with Gasteiger partial charge in [0.25, 0.3) is 0 Å². The molecule has 2 rings (SSSR count). The molecule has 6 nitrogen and oxygen atoms in total. The molecule has 0 aliphatic carbocycles. The molecule has 0 bridgehead atoms. The van der Waals surface area contributed by atoms with E-state index in [9.17, 15) is 9.59 Å². The van der Waals surface area contributed by atoms with Crippen LogP contribution in [0.15, 0.2) is 36.4 Å². The number of anilines is 1. The van der Waals surface area contributed by atoms with Gasteiger partial charge in [-0.15, -0.1) is 5.06 Å². The highest BCUT2D eigenvalue weighted by atomic mass is 35.5. The molecule has 0 saturated heterocycles. The van der Waals surface area contributed by atoms with Gasteiger partial charge in [-0.1, -0.05) is 46.4 Å². The Morgan fingerprint density at radius 2 is 1.52 bits per heavy atom. The molecule has 0 unspecified atom stereocenters. The van der Waals surface area contributed by atoms with Crippen molar-refractivity contribution >= 4 is 64.3 Å². The van der Waals surface area contributed by atoms with E-state index in [1.807, 2.05) is 0 Å². The highest BCUT2D eigenvalue weighted by molar-refractivity contribution is 6.42. The van der Waals surface area contributed by atoms with Gasteiger partial charge in [-0.25, -0.2) is 9.59 Å². The molecule has 132 valence electrons. The van der Waals surface area contributed by atoms with E-state index in [1.165, 1.54) is 43.4 Å². The van der Waals surface area contributed by atoms with E-state index >= 15 is 0 Å². The smallest absolute Gasteiger partial charge is 0.393 e. The minimum atomic E-state index is -1.17. The number of carbonyl (C=O) groups is 2. The van der Waals surface area contributed by atoms with Gasteiger partial charge in [-0.3, -0.25) is 4.84 Å². The maximum Gasteiger partial charge on any atom is 0.539 e. The van der Waals surface area contributed by atoms with E-state index in [0.717, 1.165) is 0 Å². The van der Waals surface area contributed by atoms with Gasteiger partial charge in [0, 0.05) is 13.1 Å². The second-order valence-corrected chi connectivity index (χ2v) is 6.10. The van der Waals surface area contributed by atoms with Gasteiger partial charge < -0.3 is 10.1 Å². The number of hydroxylamine groups is 1. The topological polar surface area (TPSA) is 67.9 Å². The Morgan fingerprint density at radius 3 is 2.08 bits per heavy atom. The zero-order chi connectivity index (χ0) is 18.6. The molecule has 0 spiro atoms. The molecule has 0 aliphatic heterocycles. The van der Waals surface area contributed by atoms with Crippen LogP contribution < -0.4 is 15.1 Å². The molecule has 0 atom stereocenters. The van der Waals surface area contributed by atoms with Crippen molar-refractivity contribution in [1.29, 1.82) is 0 Å². The lowest BCUT2D eigenvalue weighted by Gasteiger charge is -2.20. The summed E-state index contributed by atoms with van der Waals surface area (Å²) in [4.78, 5) is 28.9. The Bertz CT molecular complexity index is 816. The number of ether oxygens (including phenoxy) is 1. The van der Waals surface area contributed by atoms with Gasteiger partial charge >= 0.3 is 12.2 Å². The van der Waals surface area contributed by atoms with E-state index < -0.39 is 12.2 Å². The molecule has 25 heavy (non-hydrogen) atoms. The molecular formula is C15H10Cl4N2O4. The maximum absolute atomic E-state index is 12.0. The summed E-state index contributed by atoms with van der Waals surface area (Å²) in [7, 11) is 1.36. The number of carbonyl (C=O) groups excluding carboxylic acids is 2. The van der Waals surface area contributed by atoms with E-state index in [2.05, 4.69) is 5.32 Å². The number of nitrogens with zero attached hydrogens (tertiary/aromatic N) is 1. The monoisotopic (exact) mass is 422 g/mol. The first-order chi connectivity index (χ1) is 11.8. The number of urea groups is 1. The average molecular weight is 424 g/mol. The van der Waals surface area contributed by atoms with Crippen LogP contribution in [0, 0.1) is 0 Å². The van der Waals surface area contributed by atoms with Crippen LogP contribution in [-0.2, 0) is 4.84 Å². The SMILES string of the molecule is CNC(=O)N(OC(=O)Oc1ccc(Cl)c(Cl)c1)c1ccc(Cl)c(Cl)c1. The van der Waals surface area contributed by atoms with Gasteiger partial charge in [0.1, 0.15) is 5.75 Å². The quantitative estimate of drug-likeness (QED) is 0.389. The molecule has 0 aromatic heterocycles. The number of halogens is 4. The van der Waals surface area contributed by atoms with Gasteiger partial charge in [0.15, 0.2) is 0 Å². The van der Waals surface area contributed by atoms with E-state index in [0.29, 0.717) is 10.1 Å². The average Bonchev–Trinajstić information content (AvgIpc) is 2.58. The number of rotatable bonds is 2. The second kappa shape index (κ2) is 8.49. The molecule has 0 heterocycles. The summed E-state index contributed by atoms with van der Waals surface area (Å²) in [5.74, 6) is 0.0883. The maximum atomic E-state index is 12.0. The Labute approximate surface area is 163 Å². The fraction of sp³-hybridized carbons (Fsp3) is 0.0667. The minimum absolute atomic E-state index is 0.0883. The van der Waals surface area contributed by atoms with Crippen molar-refractivity contribution in [2.45, 2.75) is 0 Å². The summed E-state index contributed by atoms with van der Waals surface area (Å²) in [5.41, 5.74) is 0.167. The van der Waals surface area contributed by atoms with Crippen molar-refractivity contribution in [3.8, 4) is 5.75 Å². The molecule has 0 aliphatic rings. The first-order valence-corrected chi connectivity index (χ1v) is 8.14. The van der Waals surface area contributed by atoms with Crippen LogP contribution in [0.2, 0.25) is 20.1 Å². The van der Waals surface area contributed by atoms with Crippen LogP contribution in [0.4, 0.5) is 15.3 Å². The van der Waals surface area contributed by atoms with Crippen molar-refractivity contribution in [2.24, 2.45) is 0 Å². The largest absolute Gasteiger partial charge is 0.539 e. The van der Waals surface area contributed by atoms with Crippen LogP contribution in [-0.4, -0.2) is 19.2 Å². The van der Waals surface area contributed by atoms with Crippen LogP contribution in [0.25, 0.3) is 0 Å². The second-order valence-electron chi connectivity index (χ2n) is 4.47. The van der Waals surface area contributed by atoms with Crippen LogP contribution in [0.5, 0.6) is 5.75 Å². The zero-order valence-corrected chi connectivity index (χ0v) is 15.6. The number of hydrogen-bond acceptors (Lipinski definition) is 4. The molecule has 2 aromatic carbocycles. The highest BCUT2D eigenvalue weighted by Gasteiger charge is 2.22. The molecule has 10 heteroatoms. The molecule has 1 N–H and O–H groups in total. The number of amides is 2. The fourth-order valence-corrected chi connectivity index (χ4v) is 2.23.